The summed E-state index contributed by atoms with van der Waals surface area (Å²) in [6.07, 6.45) is 0.118. The van der Waals surface area contributed by atoms with Crippen molar-refractivity contribution in [1.29, 1.82) is 0 Å². The number of benzene rings is 1. The van der Waals surface area contributed by atoms with Gasteiger partial charge in [-0.3, -0.25) is 10.1 Å². The molecule has 0 saturated carbocycles. The molecule has 2 rings (SSSR count). The number of hydrogen-bond acceptors (Lipinski definition) is 6. The molecular formula is C11H15N3O5S. The lowest BCUT2D eigenvalue weighted by molar-refractivity contribution is -0.387. The molecule has 1 fully saturated rings. The molecule has 1 aliphatic rings. The number of nitrogens with two attached hydrogens (primary N) is 1. The standard InChI is InChI=1S/C11H15N3O5S/c12-8-1-2-11(10(7-8)14(16)17)20(18,19)13-5-3-9(15)4-6-13/h1-2,7,9,15H,3-6,12H2. The molecule has 0 spiro atoms. The van der Waals surface area contributed by atoms with Crippen molar-refractivity contribution < 1.29 is 18.4 Å². The van der Waals surface area contributed by atoms with Gasteiger partial charge in [0.05, 0.1) is 11.0 Å². The number of nitro groups is 1. The van der Waals surface area contributed by atoms with Gasteiger partial charge in [-0.1, -0.05) is 0 Å². The normalized spacial score (nSPS) is 18.1. The number of hydrogen-bond donors (Lipinski definition) is 2. The third-order valence-corrected chi connectivity index (χ3v) is 5.17. The molecular weight excluding hydrogens is 286 g/mol. The molecule has 20 heavy (non-hydrogen) atoms. The van der Waals surface area contributed by atoms with Gasteiger partial charge in [0.2, 0.25) is 10.0 Å². The van der Waals surface area contributed by atoms with E-state index in [1.807, 2.05) is 0 Å². The fourth-order valence-corrected chi connectivity index (χ4v) is 3.72. The van der Waals surface area contributed by atoms with Crippen LogP contribution in [0.2, 0.25) is 0 Å². The second-order valence-corrected chi connectivity index (χ2v) is 6.53. The van der Waals surface area contributed by atoms with Crippen molar-refractivity contribution in [2.75, 3.05) is 18.8 Å². The largest absolute Gasteiger partial charge is 0.399 e. The number of aliphatic hydroxyl groups excluding tert-OH is 1. The number of rotatable bonds is 3. The molecule has 9 heteroatoms. The molecule has 1 saturated heterocycles. The van der Waals surface area contributed by atoms with Gasteiger partial charge in [-0.25, -0.2) is 8.42 Å². The number of sulfonamides is 1. The molecule has 1 aromatic carbocycles. The first-order valence-corrected chi connectivity index (χ1v) is 7.48. The number of nitro benzene ring substituents is 1. The fraction of sp³-hybridized carbons (Fsp3) is 0.455. The van der Waals surface area contributed by atoms with Crippen molar-refractivity contribution in [1.82, 2.24) is 4.31 Å². The summed E-state index contributed by atoms with van der Waals surface area (Å²) in [7, 11) is -3.95. The van der Waals surface area contributed by atoms with Crippen molar-refractivity contribution in [3.8, 4) is 0 Å². The van der Waals surface area contributed by atoms with E-state index < -0.39 is 26.7 Å². The van der Waals surface area contributed by atoms with Gasteiger partial charge < -0.3 is 10.8 Å². The Morgan fingerprint density at radius 1 is 1.35 bits per heavy atom. The number of anilines is 1. The molecule has 110 valence electrons. The minimum Gasteiger partial charge on any atom is -0.399 e. The van der Waals surface area contributed by atoms with Crippen LogP contribution < -0.4 is 5.73 Å². The zero-order chi connectivity index (χ0) is 14.9. The van der Waals surface area contributed by atoms with E-state index >= 15 is 0 Å². The second kappa shape index (κ2) is 5.35. The van der Waals surface area contributed by atoms with Crippen LogP contribution in [0.1, 0.15) is 12.8 Å². The van der Waals surface area contributed by atoms with Crippen molar-refractivity contribution in [3.63, 3.8) is 0 Å². The molecule has 0 aromatic heterocycles. The lowest BCUT2D eigenvalue weighted by Gasteiger charge is -2.28. The maximum absolute atomic E-state index is 12.4. The third kappa shape index (κ3) is 2.74. The van der Waals surface area contributed by atoms with E-state index in [1.165, 1.54) is 6.07 Å². The van der Waals surface area contributed by atoms with Crippen LogP contribution in [0, 0.1) is 10.1 Å². The van der Waals surface area contributed by atoms with E-state index in [0.29, 0.717) is 12.8 Å². The lowest BCUT2D eigenvalue weighted by atomic mass is 10.1. The zero-order valence-electron chi connectivity index (χ0n) is 10.6. The van der Waals surface area contributed by atoms with Crippen LogP contribution in [0.3, 0.4) is 0 Å². The minimum absolute atomic E-state index is 0.129. The molecule has 0 radical (unpaired) electrons. The van der Waals surface area contributed by atoms with E-state index in [9.17, 15) is 23.6 Å². The van der Waals surface area contributed by atoms with Gasteiger partial charge in [0.15, 0.2) is 4.90 Å². The molecule has 0 bridgehead atoms. The van der Waals surface area contributed by atoms with Crippen LogP contribution in [-0.4, -0.2) is 41.9 Å². The second-order valence-electron chi connectivity index (χ2n) is 4.62. The Balaban J connectivity index is 2.42. The highest BCUT2D eigenvalue weighted by Gasteiger charge is 2.33. The number of piperidine rings is 1. The Kier molecular flexibility index (Phi) is 3.93. The molecule has 3 N–H and O–H groups in total. The summed E-state index contributed by atoms with van der Waals surface area (Å²) in [4.78, 5) is 9.85. The highest BCUT2D eigenvalue weighted by atomic mass is 32.2. The van der Waals surface area contributed by atoms with Crippen molar-refractivity contribution in [3.05, 3.63) is 28.3 Å². The first-order valence-electron chi connectivity index (χ1n) is 6.04. The van der Waals surface area contributed by atoms with Crippen LogP contribution in [0.15, 0.2) is 23.1 Å². The lowest BCUT2D eigenvalue weighted by Crippen LogP contribution is -2.40. The van der Waals surface area contributed by atoms with Gasteiger partial charge >= 0.3 is 0 Å². The summed E-state index contributed by atoms with van der Waals surface area (Å²) >= 11 is 0. The van der Waals surface area contributed by atoms with Crippen LogP contribution in [0.5, 0.6) is 0 Å². The first kappa shape index (κ1) is 14.7. The van der Waals surface area contributed by atoms with Crippen LogP contribution >= 0.6 is 0 Å². The monoisotopic (exact) mass is 301 g/mol. The quantitative estimate of drug-likeness (QED) is 0.470. The Morgan fingerprint density at radius 3 is 2.50 bits per heavy atom. The SMILES string of the molecule is Nc1ccc(S(=O)(=O)N2CCC(O)CC2)c([N+](=O)[O-])c1. The Morgan fingerprint density at radius 2 is 1.95 bits per heavy atom. The van der Waals surface area contributed by atoms with Crippen LogP contribution in [-0.2, 0) is 10.0 Å². The van der Waals surface area contributed by atoms with Crippen molar-refractivity contribution in [2.45, 2.75) is 23.8 Å². The maximum atomic E-state index is 12.4. The summed E-state index contributed by atoms with van der Waals surface area (Å²) in [5.74, 6) is 0. The van der Waals surface area contributed by atoms with Gasteiger partial charge in [0.25, 0.3) is 5.69 Å². The number of aliphatic hydroxyl groups is 1. The average molecular weight is 301 g/mol. The molecule has 1 aromatic rings. The third-order valence-electron chi connectivity index (χ3n) is 3.22. The Bertz CT molecular complexity index is 623. The van der Waals surface area contributed by atoms with E-state index in [4.69, 9.17) is 5.73 Å². The fourth-order valence-electron chi connectivity index (χ4n) is 2.12. The highest BCUT2D eigenvalue weighted by Crippen LogP contribution is 2.30. The number of nitrogen functional groups attached to an aromatic ring is 1. The number of nitrogens with zero attached hydrogens (tertiary/aromatic N) is 2. The molecule has 0 unspecified atom stereocenters. The van der Waals surface area contributed by atoms with Crippen molar-refractivity contribution in [2.24, 2.45) is 0 Å². The molecule has 0 aliphatic carbocycles. The molecule has 1 heterocycles. The molecule has 1 aliphatic heterocycles. The van der Waals surface area contributed by atoms with E-state index in [0.717, 1.165) is 16.4 Å². The van der Waals surface area contributed by atoms with Crippen LogP contribution in [0.4, 0.5) is 11.4 Å². The van der Waals surface area contributed by atoms with Crippen LogP contribution in [0.25, 0.3) is 0 Å². The Labute approximate surface area is 116 Å². The predicted octanol–water partition coefficient (Wildman–Crippen LogP) is 0.322. The maximum Gasteiger partial charge on any atom is 0.291 e. The van der Waals surface area contributed by atoms with Crippen molar-refractivity contribution >= 4 is 21.4 Å². The summed E-state index contributed by atoms with van der Waals surface area (Å²) in [6, 6.07) is 3.50. The summed E-state index contributed by atoms with van der Waals surface area (Å²) < 4.78 is 26.0. The topological polar surface area (TPSA) is 127 Å². The van der Waals surface area contributed by atoms with E-state index in [1.54, 1.807) is 0 Å². The minimum atomic E-state index is -3.95. The summed E-state index contributed by atoms with van der Waals surface area (Å²) in [5, 5.41) is 20.4. The molecule has 8 nitrogen and oxygen atoms in total. The van der Waals surface area contributed by atoms with Gasteiger partial charge in [-0.2, -0.15) is 4.31 Å². The van der Waals surface area contributed by atoms with Gasteiger partial charge in [0.1, 0.15) is 0 Å². The first-order chi connectivity index (χ1) is 9.32. The van der Waals surface area contributed by atoms with Gasteiger partial charge in [0, 0.05) is 24.8 Å². The Hall–Kier alpha value is -1.71. The summed E-state index contributed by atoms with van der Waals surface area (Å²) in [5.41, 5.74) is 5.06. The van der Waals surface area contributed by atoms with Gasteiger partial charge in [-0.05, 0) is 25.0 Å². The molecule has 0 amide bonds. The van der Waals surface area contributed by atoms with Gasteiger partial charge in [-0.15, -0.1) is 0 Å². The van der Waals surface area contributed by atoms with E-state index in [-0.39, 0.29) is 23.7 Å². The highest BCUT2D eigenvalue weighted by molar-refractivity contribution is 7.89. The predicted molar refractivity (Wildman–Crippen MR) is 71.5 cm³/mol. The zero-order valence-corrected chi connectivity index (χ0v) is 11.4. The summed E-state index contributed by atoms with van der Waals surface area (Å²) in [6.45, 7) is 0.288. The average Bonchev–Trinajstić information content (AvgIpc) is 2.38. The molecule has 0 atom stereocenters. The smallest absolute Gasteiger partial charge is 0.291 e. The van der Waals surface area contributed by atoms with E-state index in [2.05, 4.69) is 0 Å².